The molecule has 0 aliphatic carbocycles. The zero-order valence-corrected chi connectivity index (χ0v) is 6.03. The number of hydrogen-bond acceptors (Lipinski definition) is 3. The van der Waals surface area contributed by atoms with E-state index in [9.17, 15) is 9.59 Å². The van der Waals surface area contributed by atoms with Gasteiger partial charge in [0.05, 0.1) is 6.61 Å². The molecule has 1 fully saturated rings. The van der Waals surface area contributed by atoms with Crippen LogP contribution in [0.5, 0.6) is 0 Å². The fraction of sp³-hybridized carbons (Fsp3) is 0.667. The van der Waals surface area contributed by atoms with Gasteiger partial charge in [-0.25, -0.2) is 0 Å². The summed E-state index contributed by atoms with van der Waals surface area (Å²) in [7, 11) is 0. The Morgan fingerprint density at radius 3 is 2.36 bits per heavy atom. The second kappa shape index (κ2) is 2.20. The van der Waals surface area contributed by atoms with E-state index in [1.165, 1.54) is 6.92 Å². The number of amides is 1. The highest BCUT2D eigenvalue weighted by Crippen LogP contribution is 2.34. The van der Waals surface area contributed by atoms with Crippen LogP contribution in [0, 0.1) is 5.41 Å². The Kier molecular flexibility index (Phi) is 1.60. The number of ether oxygens (including phenoxy) is 1. The molecular weight excluding hydrogens is 150 g/mol. The minimum absolute atomic E-state index is 0.0515. The summed E-state index contributed by atoms with van der Waals surface area (Å²) in [5.41, 5.74) is 3.76. The van der Waals surface area contributed by atoms with Gasteiger partial charge in [-0.1, -0.05) is 0 Å². The van der Waals surface area contributed by atoms with E-state index in [0.717, 1.165) is 0 Å². The van der Waals surface area contributed by atoms with Gasteiger partial charge in [0, 0.05) is 0 Å². The Bertz CT molecular complexity index is 215. The Morgan fingerprint density at radius 1 is 1.73 bits per heavy atom. The SMILES string of the molecule is CC1(C(=O)O)COC1C(N)=O. The molecule has 0 aromatic rings. The van der Waals surface area contributed by atoms with Crippen LogP contribution < -0.4 is 5.73 Å². The number of aliphatic carboxylic acids is 1. The maximum absolute atomic E-state index is 10.5. The molecule has 1 saturated heterocycles. The molecule has 5 heteroatoms. The molecule has 0 radical (unpaired) electrons. The molecule has 11 heavy (non-hydrogen) atoms. The summed E-state index contributed by atoms with van der Waals surface area (Å²) in [6.07, 6.45) is -0.972. The molecule has 1 rings (SSSR count). The lowest BCUT2D eigenvalue weighted by Gasteiger charge is -2.40. The summed E-state index contributed by atoms with van der Waals surface area (Å²) in [6.45, 7) is 1.49. The standard InChI is InChI=1S/C6H9NO4/c1-6(5(9)10)2-11-3(6)4(7)8/h3H,2H2,1H3,(H2,7,8)(H,9,10). The maximum atomic E-state index is 10.5. The lowest BCUT2D eigenvalue weighted by Crippen LogP contribution is -2.60. The highest BCUT2D eigenvalue weighted by Gasteiger charge is 2.54. The summed E-state index contributed by atoms with van der Waals surface area (Å²) in [5.74, 6) is -1.77. The molecule has 2 unspecified atom stereocenters. The number of rotatable bonds is 2. The molecule has 62 valence electrons. The second-order valence-corrected chi connectivity index (χ2v) is 2.82. The van der Waals surface area contributed by atoms with E-state index in [1.807, 2.05) is 0 Å². The predicted octanol–water partition coefficient (Wildman–Crippen LogP) is -1.04. The molecule has 2 atom stereocenters. The maximum Gasteiger partial charge on any atom is 0.314 e. The Hall–Kier alpha value is -1.10. The smallest absolute Gasteiger partial charge is 0.314 e. The largest absolute Gasteiger partial charge is 0.481 e. The van der Waals surface area contributed by atoms with Crippen molar-refractivity contribution in [3.8, 4) is 0 Å². The van der Waals surface area contributed by atoms with Crippen LogP contribution in [0.15, 0.2) is 0 Å². The zero-order chi connectivity index (χ0) is 8.65. The Morgan fingerprint density at radius 2 is 2.27 bits per heavy atom. The number of carboxylic acids is 1. The Labute approximate surface area is 63.1 Å². The van der Waals surface area contributed by atoms with Crippen LogP contribution in [0.2, 0.25) is 0 Å². The van der Waals surface area contributed by atoms with Crippen LogP contribution in [0.1, 0.15) is 6.92 Å². The molecule has 0 aromatic heterocycles. The van der Waals surface area contributed by atoms with Crippen LogP contribution in [-0.2, 0) is 14.3 Å². The first-order valence-electron chi connectivity index (χ1n) is 3.13. The summed E-state index contributed by atoms with van der Waals surface area (Å²) in [5, 5.41) is 8.62. The predicted molar refractivity (Wildman–Crippen MR) is 34.7 cm³/mol. The second-order valence-electron chi connectivity index (χ2n) is 2.82. The first-order chi connectivity index (χ1) is 4.98. The van der Waals surface area contributed by atoms with E-state index >= 15 is 0 Å². The van der Waals surface area contributed by atoms with Gasteiger partial charge < -0.3 is 15.6 Å². The highest BCUT2D eigenvalue weighted by molar-refractivity contribution is 5.89. The minimum Gasteiger partial charge on any atom is -0.481 e. The fourth-order valence-corrected chi connectivity index (χ4v) is 0.987. The molecule has 5 nitrogen and oxygen atoms in total. The number of primary amides is 1. The van der Waals surface area contributed by atoms with E-state index in [2.05, 4.69) is 0 Å². The van der Waals surface area contributed by atoms with Crippen molar-refractivity contribution >= 4 is 11.9 Å². The molecule has 1 amide bonds. The molecule has 1 aliphatic heterocycles. The normalized spacial score (nSPS) is 35.9. The molecule has 0 aromatic carbocycles. The zero-order valence-electron chi connectivity index (χ0n) is 6.03. The van der Waals surface area contributed by atoms with Crippen molar-refractivity contribution < 1.29 is 19.4 Å². The van der Waals surface area contributed by atoms with Crippen molar-refractivity contribution in [3.63, 3.8) is 0 Å². The van der Waals surface area contributed by atoms with Crippen LogP contribution in [0.4, 0.5) is 0 Å². The average molecular weight is 159 g/mol. The monoisotopic (exact) mass is 159 g/mol. The van der Waals surface area contributed by atoms with Gasteiger partial charge in [0.25, 0.3) is 0 Å². The van der Waals surface area contributed by atoms with E-state index in [1.54, 1.807) is 0 Å². The van der Waals surface area contributed by atoms with Gasteiger partial charge in [-0.3, -0.25) is 9.59 Å². The van der Waals surface area contributed by atoms with Crippen molar-refractivity contribution in [2.24, 2.45) is 11.1 Å². The fourth-order valence-electron chi connectivity index (χ4n) is 0.987. The third-order valence-electron chi connectivity index (χ3n) is 1.88. The lowest BCUT2D eigenvalue weighted by atomic mass is 9.80. The third kappa shape index (κ3) is 0.970. The molecular formula is C6H9NO4. The van der Waals surface area contributed by atoms with Crippen LogP contribution in [0.25, 0.3) is 0 Å². The number of carbonyl (C=O) groups excluding carboxylic acids is 1. The van der Waals surface area contributed by atoms with Gasteiger partial charge in [-0.05, 0) is 6.92 Å². The van der Waals surface area contributed by atoms with Gasteiger partial charge >= 0.3 is 5.97 Å². The topological polar surface area (TPSA) is 89.6 Å². The summed E-state index contributed by atoms with van der Waals surface area (Å²) in [6, 6.07) is 0. The van der Waals surface area contributed by atoms with Gasteiger partial charge in [-0.2, -0.15) is 0 Å². The molecule has 1 heterocycles. The average Bonchev–Trinajstić information content (AvgIpc) is 1.82. The van der Waals surface area contributed by atoms with E-state index in [4.69, 9.17) is 15.6 Å². The molecule has 0 bridgehead atoms. The molecule has 0 saturated carbocycles. The van der Waals surface area contributed by atoms with Crippen LogP contribution >= 0.6 is 0 Å². The van der Waals surface area contributed by atoms with Gasteiger partial charge in [0.2, 0.25) is 5.91 Å². The highest BCUT2D eigenvalue weighted by atomic mass is 16.5. The first kappa shape index (κ1) is 8.00. The summed E-state index contributed by atoms with van der Waals surface area (Å²) >= 11 is 0. The summed E-state index contributed by atoms with van der Waals surface area (Å²) < 4.78 is 4.71. The molecule has 3 N–H and O–H groups in total. The number of carbonyl (C=O) groups is 2. The number of nitrogens with two attached hydrogens (primary N) is 1. The first-order valence-corrected chi connectivity index (χ1v) is 3.13. The molecule has 0 spiro atoms. The van der Waals surface area contributed by atoms with Gasteiger partial charge in [0.15, 0.2) is 6.10 Å². The number of hydrogen-bond donors (Lipinski definition) is 2. The van der Waals surface area contributed by atoms with Crippen LogP contribution in [-0.4, -0.2) is 29.7 Å². The lowest BCUT2D eigenvalue weighted by molar-refractivity contribution is -0.205. The third-order valence-corrected chi connectivity index (χ3v) is 1.88. The quantitative estimate of drug-likeness (QED) is 0.538. The minimum atomic E-state index is -1.12. The van der Waals surface area contributed by atoms with E-state index in [0.29, 0.717) is 0 Å². The van der Waals surface area contributed by atoms with Crippen molar-refractivity contribution in [1.29, 1.82) is 0 Å². The van der Waals surface area contributed by atoms with Gasteiger partial charge in [-0.15, -0.1) is 0 Å². The van der Waals surface area contributed by atoms with Crippen molar-refractivity contribution in [2.75, 3.05) is 6.61 Å². The number of carboxylic acid groups (broad SMARTS) is 1. The van der Waals surface area contributed by atoms with Crippen molar-refractivity contribution in [3.05, 3.63) is 0 Å². The van der Waals surface area contributed by atoms with Crippen molar-refractivity contribution in [2.45, 2.75) is 13.0 Å². The van der Waals surface area contributed by atoms with E-state index in [-0.39, 0.29) is 6.61 Å². The van der Waals surface area contributed by atoms with Gasteiger partial charge in [0.1, 0.15) is 5.41 Å². The van der Waals surface area contributed by atoms with E-state index < -0.39 is 23.4 Å². The molecule has 1 aliphatic rings. The summed E-state index contributed by atoms with van der Waals surface area (Å²) in [4.78, 5) is 21.1. The van der Waals surface area contributed by atoms with Crippen LogP contribution in [0.3, 0.4) is 0 Å². The van der Waals surface area contributed by atoms with Crippen molar-refractivity contribution in [1.82, 2.24) is 0 Å². The Balaban J connectivity index is 2.75.